The van der Waals surface area contributed by atoms with E-state index in [1.54, 1.807) is 38.5 Å². The lowest BCUT2D eigenvalue weighted by Crippen LogP contribution is -2.45. The van der Waals surface area contributed by atoms with Gasteiger partial charge in [0.2, 0.25) is 0 Å². The van der Waals surface area contributed by atoms with Crippen molar-refractivity contribution in [2.75, 3.05) is 24.2 Å². The fraction of sp³-hybridized carbons (Fsp3) is 0.280. The molecule has 1 atom stereocenters. The van der Waals surface area contributed by atoms with Gasteiger partial charge < -0.3 is 25.0 Å². The molecule has 186 valence electrons. The second-order valence-electron chi connectivity index (χ2n) is 9.38. The molecule has 4 aromatic rings. The number of anilines is 3. The molecule has 0 bridgehead atoms. The van der Waals surface area contributed by atoms with Crippen LogP contribution in [0.3, 0.4) is 0 Å². The number of nitrogens with one attached hydrogen (secondary N) is 2. The molecule has 3 heterocycles. The molecule has 2 aromatic heterocycles. The highest BCUT2D eigenvalue weighted by molar-refractivity contribution is 6.32. The molecule has 0 fully saturated rings. The molecule has 0 saturated heterocycles. The van der Waals surface area contributed by atoms with E-state index in [2.05, 4.69) is 30.6 Å². The van der Waals surface area contributed by atoms with Gasteiger partial charge in [-0.3, -0.25) is 9.89 Å². The Labute approximate surface area is 213 Å². The third kappa shape index (κ3) is 5.11. The number of aliphatic hydroxyl groups is 1. The molecule has 2 aromatic carbocycles. The van der Waals surface area contributed by atoms with Gasteiger partial charge in [0.25, 0.3) is 0 Å². The van der Waals surface area contributed by atoms with Gasteiger partial charge in [-0.25, -0.2) is 15.0 Å². The predicted molar refractivity (Wildman–Crippen MR) is 141 cm³/mol. The smallest absolute Gasteiger partial charge is 0.176 e. The third-order valence-electron chi connectivity index (χ3n) is 5.66. The number of nitrogens with zero attached hydrogens (tertiary/aromatic N) is 6. The molecule has 0 spiro atoms. The molecule has 0 radical (unpaired) electrons. The molecule has 0 amide bonds. The second kappa shape index (κ2) is 9.38. The van der Waals surface area contributed by atoms with Crippen LogP contribution in [0.15, 0.2) is 54.0 Å². The van der Waals surface area contributed by atoms with Gasteiger partial charge in [0.1, 0.15) is 29.2 Å². The Morgan fingerprint density at radius 2 is 2.03 bits per heavy atom. The minimum atomic E-state index is -0.857. The Morgan fingerprint density at radius 3 is 2.81 bits per heavy atom. The van der Waals surface area contributed by atoms with E-state index in [1.807, 2.05) is 47.8 Å². The molecule has 10 nitrogen and oxygen atoms in total. The van der Waals surface area contributed by atoms with Crippen LogP contribution < -0.4 is 15.4 Å². The number of aromatic nitrogens is 4. The maximum absolute atomic E-state index is 10.2. The van der Waals surface area contributed by atoms with Crippen LogP contribution in [-0.2, 0) is 7.05 Å². The zero-order valence-corrected chi connectivity index (χ0v) is 21.2. The van der Waals surface area contributed by atoms with Gasteiger partial charge in [-0.1, -0.05) is 11.6 Å². The van der Waals surface area contributed by atoms with Crippen LogP contribution >= 0.6 is 11.6 Å². The lowest BCUT2D eigenvalue weighted by molar-refractivity contribution is 0.0358. The molecular formula is C25H27ClN8O2. The van der Waals surface area contributed by atoms with Crippen molar-refractivity contribution in [2.24, 2.45) is 12.0 Å². The highest BCUT2D eigenvalue weighted by Gasteiger charge is 2.25. The maximum atomic E-state index is 10.2. The van der Waals surface area contributed by atoms with Crippen LogP contribution in [0.4, 0.5) is 17.2 Å². The fourth-order valence-corrected chi connectivity index (χ4v) is 4.29. The Kier molecular flexibility index (Phi) is 6.25. The SMILES string of the molecule is CN(CC(C)(C)O)C1N=Cc2ncnc(Nc3ccc(Oc4ccc5c(c4)ncn5C)c(Cl)c3)c2N1. The number of ether oxygens (including phenoxy) is 1. The average molecular weight is 507 g/mol. The summed E-state index contributed by atoms with van der Waals surface area (Å²) in [6.45, 7) is 3.94. The van der Waals surface area contributed by atoms with Gasteiger partial charge >= 0.3 is 0 Å². The molecule has 36 heavy (non-hydrogen) atoms. The van der Waals surface area contributed by atoms with Gasteiger partial charge in [0.15, 0.2) is 12.1 Å². The van der Waals surface area contributed by atoms with Crippen LogP contribution in [-0.4, -0.2) is 61.2 Å². The molecule has 0 saturated carbocycles. The number of imidazole rings is 1. The molecule has 1 aliphatic heterocycles. The van der Waals surface area contributed by atoms with Crippen molar-refractivity contribution in [1.82, 2.24) is 24.4 Å². The second-order valence-corrected chi connectivity index (χ2v) is 9.79. The first-order valence-corrected chi connectivity index (χ1v) is 11.8. The number of hydrogen-bond acceptors (Lipinski definition) is 9. The quantitative estimate of drug-likeness (QED) is 0.338. The van der Waals surface area contributed by atoms with E-state index < -0.39 is 5.60 Å². The number of halogens is 1. The van der Waals surface area contributed by atoms with Gasteiger partial charge in [-0.05, 0) is 51.2 Å². The Morgan fingerprint density at radius 1 is 1.19 bits per heavy atom. The van der Waals surface area contributed by atoms with Gasteiger partial charge in [0.05, 0.1) is 34.2 Å². The number of aliphatic imine (C=N–C) groups is 1. The minimum absolute atomic E-state index is 0.369. The lowest BCUT2D eigenvalue weighted by Gasteiger charge is -2.33. The molecule has 0 aliphatic carbocycles. The summed E-state index contributed by atoms with van der Waals surface area (Å²) < 4.78 is 7.96. The van der Waals surface area contributed by atoms with Crippen molar-refractivity contribution in [2.45, 2.75) is 25.7 Å². The highest BCUT2D eigenvalue weighted by Crippen LogP contribution is 2.35. The predicted octanol–water partition coefficient (Wildman–Crippen LogP) is 4.38. The van der Waals surface area contributed by atoms with E-state index in [1.165, 1.54) is 6.33 Å². The summed E-state index contributed by atoms with van der Waals surface area (Å²) in [7, 11) is 3.84. The standard InChI is InChI=1S/C25H27ClN8O2/c1-25(2,35)12-33(3)24-27-11-19-22(32-24)23(29-13-28-19)31-15-5-8-21(17(26)9-15)36-16-6-7-20-18(10-16)30-14-34(20)4/h5-11,13-14,24,32,35H,12H2,1-4H3,(H,28,29,31). The topological polar surface area (TPSA) is 113 Å². The number of benzene rings is 2. The van der Waals surface area contributed by atoms with Crippen molar-refractivity contribution in [3.8, 4) is 11.5 Å². The van der Waals surface area contributed by atoms with E-state index >= 15 is 0 Å². The Hall–Kier alpha value is -3.73. The van der Waals surface area contributed by atoms with Crippen molar-refractivity contribution in [3.05, 3.63) is 59.8 Å². The first kappa shape index (κ1) is 24.0. The maximum Gasteiger partial charge on any atom is 0.176 e. The summed E-state index contributed by atoms with van der Waals surface area (Å²) in [6.07, 6.45) is 4.57. The monoisotopic (exact) mass is 506 g/mol. The number of likely N-dealkylation sites (N-methyl/N-ethyl adjacent to an activating group) is 1. The summed E-state index contributed by atoms with van der Waals surface area (Å²) in [6, 6.07) is 11.2. The van der Waals surface area contributed by atoms with Crippen LogP contribution in [0.2, 0.25) is 5.02 Å². The Balaban J connectivity index is 1.33. The zero-order valence-electron chi connectivity index (χ0n) is 20.4. The van der Waals surface area contributed by atoms with E-state index in [9.17, 15) is 5.11 Å². The average Bonchev–Trinajstić information content (AvgIpc) is 3.19. The van der Waals surface area contributed by atoms with E-state index in [4.69, 9.17) is 16.3 Å². The summed E-state index contributed by atoms with van der Waals surface area (Å²) in [4.78, 5) is 19.5. The van der Waals surface area contributed by atoms with Gasteiger partial charge in [-0.2, -0.15) is 0 Å². The summed E-state index contributed by atoms with van der Waals surface area (Å²) in [5, 5.41) is 17.3. The molecule has 3 N–H and O–H groups in total. The molecule has 1 aliphatic rings. The summed E-state index contributed by atoms with van der Waals surface area (Å²) >= 11 is 6.55. The van der Waals surface area contributed by atoms with Gasteiger partial charge in [-0.15, -0.1) is 0 Å². The van der Waals surface area contributed by atoms with E-state index in [0.717, 1.165) is 16.7 Å². The minimum Gasteiger partial charge on any atom is -0.456 e. The summed E-state index contributed by atoms with van der Waals surface area (Å²) in [5.41, 5.74) is 3.12. The number of fused-ring (bicyclic) bond motifs is 2. The third-order valence-corrected chi connectivity index (χ3v) is 5.96. The van der Waals surface area contributed by atoms with E-state index in [-0.39, 0.29) is 6.29 Å². The molecule has 11 heteroatoms. The largest absolute Gasteiger partial charge is 0.456 e. The normalized spacial score (nSPS) is 15.1. The molecule has 1 unspecified atom stereocenters. The molecular weight excluding hydrogens is 480 g/mol. The fourth-order valence-electron chi connectivity index (χ4n) is 4.07. The van der Waals surface area contributed by atoms with E-state index in [0.29, 0.717) is 40.3 Å². The first-order valence-electron chi connectivity index (χ1n) is 11.4. The lowest BCUT2D eigenvalue weighted by atomic mass is 10.1. The molecule has 5 rings (SSSR count). The van der Waals surface area contributed by atoms with Crippen LogP contribution in [0.1, 0.15) is 19.5 Å². The van der Waals surface area contributed by atoms with Crippen molar-refractivity contribution < 1.29 is 9.84 Å². The van der Waals surface area contributed by atoms with Gasteiger partial charge in [0, 0.05) is 25.3 Å². The van der Waals surface area contributed by atoms with Crippen molar-refractivity contribution in [1.29, 1.82) is 0 Å². The number of hydrogen-bond donors (Lipinski definition) is 3. The van der Waals surface area contributed by atoms with Crippen LogP contribution in [0.5, 0.6) is 11.5 Å². The van der Waals surface area contributed by atoms with Crippen LogP contribution in [0, 0.1) is 0 Å². The zero-order chi connectivity index (χ0) is 25.4. The number of rotatable bonds is 7. The summed E-state index contributed by atoms with van der Waals surface area (Å²) in [5.74, 6) is 1.76. The first-order chi connectivity index (χ1) is 17.2. The van der Waals surface area contributed by atoms with Crippen LogP contribution in [0.25, 0.3) is 11.0 Å². The van der Waals surface area contributed by atoms with Crippen molar-refractivity contribution in [3.63, 3.8) is 0 Å². The number of aryl methyl sites for hydroxylation is 1. The Bertz CT molecular complexity index is 1450. The highest BCUT2D eigenvalue weighted by atomic mass is 35.5. The van der Waals surface area contributed by atoms with Crippen molar-refractivity contribution >= 4 is 46.0 Å².